The van der Waals surface area contributed by atoms with Gasteiger partial charge < -0.3 is 10.1 Å². The van der Waals surface area contributed by atoms with E-state index >= 15 is 0 Å². The van der Waals surface area contributed by atoms with Gasteiger partial charge in [-0.25, -0.2) is 0 Å². The molecule has 82 valence electrons. The minimum atomic E-state index is 0.670. The van der Waals surface area contributed by atoms with Crippen molar-refractivity contribution in [1.82, 2.24) is 5.32 Å². The minimum absolute atomic E-state index is 0.670. The highest BCUT2D eigenvalue weighted by Crippen LogP contribution is 2.18. The third-order valence-corrected chi connectivity index (χ3v) is 2.69. The van der Waals surface area contributed by atoms with E-state index in [-0.39, 0.29) is 0 Å². The normalized spacial score (nSPS) is 15.5. The Balaban J connectivity index is 1.58. The van der Waals surface area contributed by atoms with Crippen LogP contribution in [0, 0.1) is 0 Å². The summed E-state index contributed by atoms with van der Waals surface area (Å²) < 4.78 is 5.53. The lowest BCUT2D eigenvalue weighted by Gasteiger charge is -2.05. The quantitative estimate of drug-likeness (QED) is 0.752. The molecule has 2 nitrogen and oxygen atoms in total. The molecule has 0 spiro atoms. The smallest absolute Gasteiger partial charge is 0.0717 e. The summed E-state index contributed by atoms with van der Waals surface area (Å²) in [4.78, 5) is 0. The second kappa shape index (κ2) is 5.50. The molecule has 1 N–H and O–H groups in total. The lowest BCUT2D eigenvalue weighted by Crippen LogP contribution is -2.21. The fraction of sp³-hybridized carbons (Fsp3) is 0.500. The molecule has 0 atom stereocenters. The van der Waals surface area contributed by atoms with E-state index in [0.717, 1.165) is 24.2 Å². The predicted molar refractivity (Wildman–Crippen MR) is 62.1 cm³/mol. The Morgan fingerprint density at radius 1 is 1.27 bits per heavy atom. The maximum absolute atomic E-state index is 5.79. The fourth-order valence-corrected chi connectivity index (χ4v) is 1.52. The molecule has 3 heteroatoms. The van der Waals surface area contributed by atoms with Gasteiger partial charge in [0.2, 0.25) is 0 Å². The van der Waals surface area contributed by atoms with Gasteiger partial charge in [-0.05, 0) is 30.5 Å². The van der Waals surface area contributed by atoms with Crippen molar-refractivity contribution in [3.05, 3.63) is 34.9 Å². The molecular formula is C12H16ClNO. The topological polar surface area (TPSA) is 21.3 Å². The SMILES string of the molecule is Clc1ccc(COCCNC2CC2)cc1. The second-order valence-corrected chi connectivity index (χ2v) is 4.34. The number of ether oxygens (including phenoxy) is 1. The van der Waals surface area contributed by atoms with Crippen LogP contribution in [0.2, 0.25) is 5.02 Å². The molecule has 0 amide bonds. The van der Waals surface area contributed by atoms with Crippen molar-refractivity contribution in [2.75, 3.05) is 13.2 Å². The summed E-state index contributed by atoms with van der Waals surface area (Å²) in [7, 11) is 0. The van der Waals surface area contributed by atoms with Crippen LogP contribution in [0.25, 0.3) is 0 Å². The van der Waals surface area contributed by atoms with Crippen molar-refractivity contribution >= 4 is 11.6 Å². The van der Waals surface area contributed by atoms with E-state index in [1.165, 1.54) is 18.4 Å². The van der Waals surface area contributed by atoms with Gasteiger partial charge in [0.05, 0.1) is 13.2 Å². The summed E-state index contributed by atoms with van der Waals surface area (Å²) in [6, 6.07) is 8.54. The van der Waals surface area contributed by atoms with Crippen molar-refractivity contribution in [2.24, 2.45) is 0 Å². The van der Waals surface area contributed by atoms with Gasteiger partial charge in [-0.3, -0.25) is 0 Å². The number of nitrogens with one attached hydrogen (secondary N) is 1. The first-order chi connectivity index (χ1) is 7.34. The van der Waals surface area contributed by atoms with Gasteiger partial charge in [0.1, 0.15) is 0 Å². The first kappa shape index (κ1) is 10.9. The Morgan fingerprint density at radius 2 is 2.00 bits per heavy atom. The number of hydrogen-bond acceptors (Lipinski definition) is 2. The maximum Gasteiger partial charge on any atom is 0.0717 e. The molecule has 1 aliphatic carbocycles. The first-order valence-electron chi connectivity index (χ1n) is 5.40. The third kappa shape index (κ3) is 4.20. The van der Waals surface area contributed by atoms with E-state index in [4.69, 9.17) is 16.3 Å². The van der Waals surface area contributed by atoms with E-state index in [2.05, 4.69) is 5.32 Å². The molecule has 0 aromatic heterocycles. The highest BCUT2D eigenvalue weighted by Gasteiger charge is 2.19. The Morgan fingerprint density at radius 3 is 2.67 bits per heavy atom. The van der Waals surface area contributed by atoms with Gasteiger partial charge in [0, 0.05) is 17.6 Å². The van der Waals surface area contributed by atoms with Crippen LogP contribution < -0.4 is 5.32 Å². The lowest BCUT2D eigenvalue weighted by atomic mass is 10.2. The molecule has 1 aromatic carbocycles. The van der Waals surface area contributed by atoms with Gasteiger partial charge in [0.15, 0.2) is 0 Å². The highest BCUT2D eigenvalue weighted by atomic mass is 35.5. The molecule has 1 aromatic rings. The molecule has 1 fully saturated rings. The molecule has 15 heavy (non-hydrogen) atoms. The number of hydrogen-bond donors (Lipinski definition) is 1. The van der Waals surface area contributed by atoms with Crippen LogP contribution in [0.5, 0.6) is 0 Å². The fourth-order valence-electron chi connectivity index (χ4n) is 1.39. The molecule has 0 saturated heterocycles. The zero-order chi connectivity index (χ0) is 10.5. The maximum atomic E-state index is 5.79. The molecule has 0 aliphatic heterocycles. The number of rotatable bonds is 6. The first-order valence-corrected chi connectivity index (χ1v) is 5.78. The molecule has 1 saturated carbocycles. The van der Waals surface area contributed by atoms with E-state index in [0.29, 0.717) is 6.61 Å². The average molecular weight is 226 g/mol. The Hall–Kier alpha value is -0.570. The number of halogens is 1. The lowest BCUT2D eigenvalue weighted by molar-refractivity contribution is 0.122. The second-order valence-electron chi connectivity index (χ2n) is 3.91. The van der Waals surface area contributed by atoms with Crippen molar-refractivity contribution in [1.29, 1.82) is 0 Å². The number of benzene rings is 1. The standard InChI is InChI=1S/C12H16ClNO/c13-11-3-1-10(2-4-11)9-15-8-7-14-12-5-6-12/h1-4,12,14H,5-9H2. The van der Waals surface area contributed by atoms with Crippen LogP contribution >= 0.6 is 11.6 Å². The third-order valence-electron chi connectivity index (χ3n) is 2.44. The Kier molecular flexibility index (Phi) is 4.01. The molecule has 0 bridgehead atoms. The van der Waals surface area contributed by atoms with Gasteiger partial charge in [0.25, 0.3) is 0 Å². The molecular weight excluding hydrogens is 210 g/mol. The van der Waals surface area contributed by atoms with Crippen molar-refractivity contribution in [3.8, 4) is 0 Å². The zero-order valence-corrected chi connectivity index (χ0v) is 9.46. The van der Waals surface area contributed by atoms with Crippen LogP contribution in [-0.4, -0.2) is 19.2 Å². The van der Waals surface area contributed by atoms with Crippen LogP contribution in [0.15, 0.2) is 24.3 Å². The molecule has 0 unspecified atom stereocenters. The summed E-state index contributed by atoms with van der Waals surface area (Å²) in [6.07, 6.45) is 2.66. The van der Waals surface area contributed by atoms with E-state index in [1.807, 2.05) is 24.3 Å². The largest absolute Gasteiger partial charge is 0.375 e. The van der Waals surface area contributed by atoms with E-state index < -0.39 is 0 Å². The zero-order valence-electron chi connectivity index (χ0n) is 8.71. The Labute approximate surface area is 95.6 Å². The Bertz CT molecular complexity index is 295. The van der Waals surface area contributed by atoms with Gasteiger partial charge >= 0.3 is 0 Å². The summed E-state index contributed by atoms with van der Waals surface area (Å²) >= 11 is 5.79. The average Bonchev–Trinajstić information content (AvgIpc) is 3.04. The van der Waals surface area contributed by atoms with Crippen LogP contribution in [0.4, 0.5) is 0 Å². The molecule has 1 aliphatic rings. The minimum Gasteiger partial charge on any atom is -0.375 e. The van der Waals surface area contributed by atoms with Crippen molar-refractivity contribution < 1.29 is 4.74 Å². The summed E-state index contributed by atoms with van der Waals surface area (Å²) in [6.45, 7) is 2.40. The predicted octanol–water partition coefficient (Wildman–Crippen LogP) is 2.61. The van der Waals surface area contributed by atoms with Crippen molar-refractivity contribution in [2.45, 2.75) is 25.5 Å². The summed E-state index contributed by atoms with van der Waals surface area (Å²) in [5.74, 6) is 0. The van der Waals surface area contributed by atoms with Gasteiger partial charge in [-0.15, -0.1) is 0 Å². The summed E-state index contributed by atoms with van der Waals surface area (Å²) in [5, 5.41) is 4.18. The highest BCUT2D eigenvalue weighted by molar-refractivity contribution is 6.30. The monoisotopic (exact) mass is 225 g/mol. The molecule has 0 heterocycles. The van der Waals surface area contributed by atoms with E-state index in [9.17, 15) is 0 Å². The van der Waals surface area contributed by atoms with Crippen LogP contribution in [0.1, 0.15) is 18.4 Å². The molecule has 0 radical (unpaired) electrons. The van der Waals surface area contributed by atoms with Crippen molar-refractivity contribution in [3.63, 3.8) is 0 Å². The van der Waals surface area contributed by atoms with Crippen LogP contribution in [-0.2, 0) is 11.3 Å². The van der Waals surface area contributed by atoms with Gasteiger partial charge in [-0.2, -0.15) is 0 Å². The summed E-state index contributed by atoms with van der Waals surface area (Å²) in [5.41, 5.74) is 1.17. The van der Waals surface area contributed by atoms with E-state index in [1.54, 1.807) is 0 Å². The van der Waals surface area contributed by atoms with Gasteiger partial charge in [-0.1, -0.05) is 23.7 Å². The molecule has 2 rings (SSSR count). The van der Waals surface area contributed by atoms with Crippen LogP contribution in [0.3, 0.4) is 0 Å².